The summed E-state index contributed by atoms with van der Waals surface area (Å²) in [6, 6.07) is 0.716. The van der Waals surface area contributed by atoms with Gasteiger partial charge < -0.3 is 5.32 Å². The summed E-state index contributed by atoms with van der Waals surface area (Å²) in [5, 5.41) is 3.64. The van der Waals surface area contributed by atoms with Crippen molar-refractivity contribution in [3.63, 3.8) is 0 Å². The SMILES string of the molecule is CCN1CCCC1CNCc1c(C)nc2sc(C)cn12. The number of aromatic nitrogens is 2. The van der Waals surface area contributed by atoms with E-state index in [4.69, 9.17) is 0 Å². The number of aryl methyl sites for hydroxylation is 2. The van der Waals surface area contributed by atoms with E-state index in [2.05, 4.69) is 46.6 Å². The first-order valence-corrected chi connectivity index (χ1v) is 8.39. The minimum absolute atomic E-state index is 0.716. The highest BCUT2D eigenvalue weighted by atomic mass is 32.1. The molecule has 110 valence electrons. The predicted molar refractivity (Wildman–Crippen MR) is 84.5 cm³/mol. The van der Waals surface area contributed by atoms with Crippen molar-refractivity contribution >= 4 is 16.3 Å². The van der Waals surface area contributed by atoms with Gasteiger partial charge in [-0.05, 0) is 39.8 Å². The van der Waals surface area contributed by atoms with E-state index in [0.29, 0.717) is 6.04 Å². The monoisotopic (exact) mass is 292 g/mol. The number of hydrogen-bond acceptors (Lipinski definition) is 4. The summed E-state index contributed by atoms with van der Waals surface area (Å²) in [6.07, 6.45) is 4.88. The highest BCUT2D eigenvalue weighted by Crippen LogP contribution is 2.21. The molecule has 0 radical (unpaired) electrons. The Labute approximate surface area is 124 Å². The molecule has 1 atom stereocenters. The highest BCUT2D eigenvalue weighted by Gasteiger charge is 2.22. The van der Waals surface area contributed by atoms with Crippen LogP contribution >= 0.6 is 11.3 Å². The largest absolute Gasteiger partial charge is 0.310 e. The molecule has 3 heterocycles. The van der Waals surface area contributed by atoms with Gasteiger partial charge in [-0.25, -0.2) is 4.98 Å². The van der Waals surface area contributed by atoms with Crippen molar-refractivity contribution in [1.29, 1.82) is 0 Å². The molecule has 1 unspecified atom stereocenters. The van der Waals surface area contributed by atoms with E-state index in [-0.39, 0.29) is 0 Å². The molecule has 1 saturated heterocycles. The first kappa shape index (κ1) is 14.0. The maximum Gasteiger partial charge on any atom is 0.194 e. The van der Waals surface area contributed by atoms with Crippen molar-refractivity contribution in [3.8, 4) is 0 Å². The van der Waals surface area contributed by atoms with Gasteiger partial charge in [0.25, 0.3) is 0 Å². The molecular formula is C15H24N4S. The van der Waals surface area contributed by atoms with Crippen LogP contribution in [0.4, 0.5) is 0 Å². The van der Waals surface area contributed by atoms with E-state index >= 15 is 0 Å². The van der Waals surface area contributed by atoms with Gasteiger partial charge in [-0.15, -0.1) is 11.3 Å². The molecule has 1 aliphatic rings. The quantitative estimate of drug-likeness (QED) is 0.919. The average Bonchev–Trinajstić information content (AvgIpc) is 3.06. The van der Waals surface area contributed by atoms with Gasteiger partial charge in [-0.1, -0.05) is 6.92 Å². The molecule has 0 spiro atoms. The number of imidazole rings is 1. The second kappa shape index (κ2) is 5.84. The van der Waals surface area contributed by atoms with Crippen LogP contribution in [0.2, 0.25) is 0 Å². The lowest BCUT2D eigenvalue weighted by molar-refractivity contribution is 0.259. The Balaban J connectivity index is 1.63. The fourth-order valence-electron chi connectivity index (χ4n) is 3.22. The van der Waals surface area contributed by atoms with Crippen molar-refractivity contribution in [2.75, 3.05) is 19.6 Å². The third-order valence-corrected chi connectivity index (χ3v) is 5.22. The van der Waals surface area contributed by atoms with Crippen LogP contribution in [0.25, 0.3) is 4.96 Å². The summed E-state index contributed by atoms with van der Waals surface area (Å²) >= 11 is 1.77. The van der Waals surface area contributed by atoms with Crippen LogP contribution in [0.3, 0.4) is 0 Å². The molecule has 1 N–H and O–H groups in total. The van der Waals surface area contributed by atoms with Crippen LogP contribution in [0.5, 0.6) is 0 Å². The molecule has 2 aromatic heterocycles. The lowest BCUT2D eigenvalue weighted by Gasteiger charge is -2.22. The van der Waals surface area contributed by atoms with Gasteiger partial charge in [-0.2, -0.15) is 0 Å². The summed E-state index contributed by atoms with van der Waals surface area (Å²) in [4.78, 5) is 9.67. The van der Waals surface area contributed by atoms with Gasteiger partial charge in [0.15, 0.2) is 4.96 Å². The topological polar surface area (TPSA) is 32.6 Å². The summed E-state index contributed by atoms with van der Waals surface area (Å²) < 4.78 is 2.24. The van der Waals surface area contributed by atoms with Crippen LogP contribution in [-0.2, 0) is 6.54 Å². The molecule has 0 aromatic carbocycles. The Morgan fingerprint density at radius 1 is 1.45 bits per heavy atom. The van der Waals surface area contributed by atoms with Gasteiger partial charge in [0, 0.05) is 30.2 Å². The molecular weight excluding hydrogens is 268 g/mol. The highest BCUT2D eigenvalue weighted by molar-refractivity contribution is 7.17. The zero-order chi connectivity index (χ0) is 14.1. The smallest absolute Gasteiger partial charge is 0.194 e. The van der Waals surface area contributed by atoms with Crippen LogP contribution < -0.4 is 5.32 Å². The normalized spacial score (nSPS) is 20.2. The van der Waals surface area contributed by atoms with Crippen molar-refractivity contribution in [2.45, 2.75) is 46.2 Å². The van der Waals surface area contributed by atoms with Crippen LogP contribution in [0, 0.1) is 13.8 Å². The second-order valence-corrected chi connectivity index (χ2v) is 6.91. The Morgan fingerprint density at radius 2 is 2.30 bits per heavy atom. The zero-order valence-electron chi connectivity index (χ0n) is 12.6. The molecule has 4 nitrogen and oxygen atoms in total. The molecule has 3 rings (SSSR count). The van der Waals surface area contributed by atoms with Crippen molar-refractivity contribution in [3.05, 3.63) is 22.5 Å². The van der Waals surface area contributed by atoms with E-state index in [1.807, 2.05) is 0 Å². The number of likely N-dealkylation sites (N-methyl/N-ethyl adjacent to an activating group) is 1. The van der Waals surface area contributed by atoms with E-state index in [0.717, 1.165) is 23.7 Å². The maximum atomic E-state index is 4.65. The Morgan fingerprint density at radius 3 is 3.10 bits per heavy atom. The number of fused-ring (bicyclic) bond motifs is 1. The molecule has 5 heteroatoms. The molecule has 20 heavy (non-hydrogen) atoms. The number of rotatable bonds is 5. The molecule has 0 saturated carbocycles. The Bertz CT molecular complexity index is 586. The fourth-order valence-corrected chi connectivity index (χ4v) is 4.11. The van der Waals surface area contributed by atoms with E-state index in [1.54, 1.807) is 11.3 Å². The fraction of sp³-hybridized carbons (Fsp3) is 0.667. The van der Waals surface area contributed by atoms with Crippen molar-refractivity contribution < 1.29 is 0 Å². The Hall–Kier alpha value is -0.910. The summed E-state index contributed by atoms with van der Waals surface area (Å²) in [6.45, 7) is 11.0. The first-order valence-electron chi connectivity index (χ1n) is 7.57. The number of nitrogens with one attached hydrogen (secondary N) is 1. The van der Waals surface area contributed by atoms with Crippen LogP contribution in [0.15, 0.2) is 6.20 Å². The third kappa shape index (κ3) is 2.62. The van der Waals surface area contributed by atoms with Gasteiger partial charge in [0.1, 0.15) is 0 Å². The first-order chi connectivity index (χ1) is 9.69. The van der Waals surface area contributed by atoms with Crippen molar-refractivity contribution in [1.82, 2.24) is 19.6 Å². The molecule has 2 aromatic rings. The maximum absolute atomic E-state index is 4.65. The second-order valence-electron chi connectivity index (χ2n) is 5.69. The molecule has 1 fully saturated rings. The lowest BCUT2D eigenvalue weighted by atomic mass is 10.2. The summed E-state index contributed by atoms with van der Waals surface area (Å²) in [5.74, 6) is 0. The predicted octanol–water partition coefficient (Wildman–Crippen LogP) is 2.59. The van der Waals surface area contributed by atoms with E-state index < -0.39 is 0 Å². The third-order valence-electron chi connectivity index (χ3n) is 4.32. The standard InChI is InChI=1S/C15H24N4S/c1-4-18-7-5-6-13(18)8-16-9-14-12(3)17-15-19(14)10-11(2)20-15/h10,13,16H,4-9H2,1-3H3. The van der Waals surface area contributed by atoms with Gasteiger partial charge in [-0.3, -0.25) is 9.30 Å². The van der Waals surface area contributed by atoms with Gasteiger partial charge in [0.2, 0.25) is 0 Å². The van der Waals surface area contributed by atoms with Gasteiger partial charge in [0.05, 0.1) is 11.4 Å². The van der Waals surface area contributed by atoms with E-state index in [9.17, 15) is 0 Å². The number of thiazole rings is 1. The molecule has 0 aliphatic carbocycles. The number of hydrogen-bond donors (Lipinski definition) is 1. The van der Waals surface area contributed by atoms with Crippen LogP contribution in [0.1, 0.15) is 36.0 Å². The van der Waals surface area contributed by atoms with Gasteiger partial charge >= 0.3 is 0 Å². The lowest BCUT2D eigenvalue weighted by Crippen LogP contribution is -2.37. The Kier molecular flexibility index (Phi) is 4.10. The van der Waals surface area contributed by atoms with Crippen molar-refractivity contribution in [2.24, 2.45) is 0 Å². The molecule has 1 aliphatic heterocycles. The summed E-state index contributed by atoms with van der Waals surface area (Å²) in [5.41, 5.74) is 2.47. The van der Waals surface area contributed by atoms with Crippen LogP contribution in [-0.4, -0.2) is 40.0 Å². The number of likely N-dealkylation sites (tertiary alicyclic amines) is 1. The number of nitrogens with zero attached hydrogens (tertiary/aromatic N) is 3. The average molecular weight is 292 g/mol. The minimum Gasteiger partial charge on any atom is -0.310 e. The molecule has 0 bridgehead atoms. The van der Waals surface area contributed by atoms with E-state index in [1.165, 1.54) is 36.5 Å². The zero-order valence-corrected chi connectivity index (χ0v) is 13.5. The minimum atomic E-state index is 0.716. The summed E-state index contributed by atoms with van der Waals surface area (Å²) in [7, 11) is 0. The molecule has 0 amide bonds.